The predicted octanol–water partition coefficient (Wildman–Crippen LogP) is 2.10. The smallest absolute Gasteiger partial charge is 0.128 e. The molecule has 0 amide bonds. The highest BCUT2D eigenvalue weighted by Gasteiger charge is 2.19. The summed E-state index contributed by atoms with van der Waals surface area (Å²) in [7, 11) is 0. The fourth-order valence-corrected chi connectivity index (χ4v) is 1.86. The molecule has 0 fully saturated rings. The number of nitrogens with one attached hydrogen (secondary N) is 1. The van der Waals surface area contributed by atoms with Gasteiger partial charge in [-0.25, -0.2) is 14.2 Å². The summed E-state index contributed by atoms with van der Waals surface area (Å²) in [5.74, 6) is 4.36. The number of hydrogen-bond donors (Lipinski definition) is 3. The van der Waals surface area contributed by atoms with Crippen molar-refractivity contribution in [2.24, 2.45) is 5.84 Å². The van der Waals surface area contributed by atoms with E-state index in [0.717, 1.165) is 18.2 Å². The lowest BCUT2D eigenvalue weighted by Gasteiger charge is -2.19. The van der Waals surface area contributed by atoms with Crippen LogP contribution in [0.3, 0.4) is 0 Å². The number of hydrazine groups is 1. The van der Waals surface area contributed by atoms with E-state index in [9.17, 15) is 8.78 Å². The van der Waals surface area contributed by atoms with Crippen molar-refractivity contribution in [3.05, 3.63) is 65.2 Å². The quantitative estimate of drug-likeness (QED) is 0.443. The second-order valence-electron chi connectivity index (χ2n) is 3.89. The standard InChI is InChI=1S/C13H13F2N3/c14-8-5-6-11(15)10(7-8)13(18-17)9-3-1-2-4-12(9)16/h1-7,13,18H,16-17H2. The summed E-state index contributed by atoms with van der Waals surface area (Å²) in [6.45, 7) is 0. The average Bonchev–Trinajstić information content (AvgIpc) is 2.36. The third-order valence-electron chi connectivity index (χ3n) is 2.74. The second-order valence-corrected chi connectivity index (χ2v) is 3.89. The fourth-order valence-electron chi connectivity index (χ4n) is 1.86. The van der Waals surface area contributed by atoms with Crippen LogP contribution in [0.4, 0.5) is 14.5 Å². The molecule has 0 saturated heterocycles. The molecule has 18 heavy (non-hydrogen) atoms. The lowest BCUT2D eigenvalue weighted by atomic mass is 9.97. The minimum absolute atomic E-state index is 0.121. The van der Waals surface area contributed by atoms with Gasteiger partial charge in [0.2, 0.25) is 0 Å². The van der Waals surface area contributed by atoms with Crippen molar-refractivity contribution in [2.45, 2.75) is 6.04 Å². The minimum Gasteiger partial charge on any atom is -0.398 e. The monoisotopic (exact) mass is 249 g/mol. The van der Waals surface area contributed by atoms with Crippen molar-refractivity contribution < 1.29 is 8.78 Å². The summed E-state index contributed by atoms with van der Waals surface area (Å²) in [6, 6.07) is 9.44. The molecule has 0 aliphatic rings. The average molecular weight is 249 g/mol. The van der Waals surface area contributed by atoms with Gasteiger partial charge in [0, 0.05) is 11.3 Å². The van der Waals surface area contributed by atoms with Gasteiger partial charge in [-0.2, -0.15) is 0 Å². The highest BCUT2D eigenvalue weighted by atomic mass is 19.1. The van der Waals surface area contributed by atoms with Crippen LogP contribution in [0.15, 0.2) is 42.5 Å². The van der Waals surface area contributed by atoms with Gasteiger partial charge in [0.1, 0.15) is 11.6 Å². The molecular formula is C13H13F2N3. The van der Waals surface area contributed by atoms with Crippen molar-refractivity contribution in [2.75, 3.05) is 5.73 Å². The van der Waals surface area contributed by atoms with Crippen molar-refractivity contribution in [3.8, 4) is 0 Å². The van der Waals surface area contributed by atoms with Gasteiger partial charge in [-0.15, -0.1) is 0 Å². The molecule has 3 nitrogen and oxygen atoms in total. The Bertz CT molecular complexity index is 558. The molecule has 1 atom stereocenters. The molecule has 94 valence electrons. The van der Waals surface area contributed by atoms with Crippen molar-refractivity contribution in [1.29, 1.82) is 0 Å². The van der Waals surface area contributed by atoms with Gasteiger partial charge in [0.15, 0.2) is 0 Å². The Morgan fingerprint density at radius 1 is 1.00 bits per heavy atom. The lowest BCUT2D eigenvalue weighted by molar-refractivity contribution is 0.546. The van der Waals surface area contributed by atoms with Gasteiger partial charge in [-0.3, -0.25) is 5.84 Å². The maximum absolute atomic E-state index is 13.7. The Morgan fingerprint density at radius 3 is 2.39 bits per heavy atom. The molecule has 5 N–H and O–H groups in total. The summed E-state index contributed by atoms with van der Waals surface area (Å²) < 4.78 is 26.9. The van der Waals surface area contributed by atoms with Crippen LogP contribution in [0.1, 0.15) is 17.2 Å². The number of anilines is 1. The Labute approximate surface area is 103 Å². The highest BCUT2D eigenvalue weighted by Crippen LogP contribution is 2.28. The van der Waals surface area contributed by atoms with E-state index in [4.69, 9.17) is 11.6 Å². The Morgan fingerprint density at radius 2 is 1.72 bits per heavy atom. The van der Waals surface area contributed by atoms with Crippen LogP contribution in [0.2, 0.25) is 0 Å². The van der Waals surface area contributed by atoms with E-state index < -0.39 is 17.7 Å². The molecule has 0 spiro atoms. The zero-order valence-electron chi connectivity index (χ0n) is 9.53. The predicted molar refractivity (Wildman–Crippen MR) is 66.4 cm³/mol. The van der Waals surface area contributed by atoms with Gasteiger partial charge >= 0.3 is 0 Å². The number of nitrogens with two attached hydrogens (primary N) is 2. The van der Waals surface area contributed by atoms with E-state index in [1.165, 1.54) is 0 Å². The minimum atomic E-state index is -0.693. The molecule has 2 rings (SSSR count). The third-order valence-corrected chi connectivity index (χ3v) is 2.74. The van der Waals surface area contributed by atoms with Gasteiger partial charge in [0.25, 0.3) is 0 Å². The first-order valence-corrected chi connectivity index (χ1v) is 5.39. The number of benzene rings is 2. The van der Waals surface area contributed by atoms with Crippen LogP contribution in [0.25, 0.3) is 0 Å². The largest absolute Gasteiger partial charge is 0.398 e. The normalized spacial score (nSPS) is 12.4. The second kappa shape index (κ2) is 5.12. The van der Waals surface area contributed by atoms with Gasteiger partial charge in [-0.1, -0.05) is 18.2 Å². The first-order valence-electron chi connectivity index (χ1n) is 5.39. The third kappa shape index (κ3) is 2.32. The van der Waals surface area contributed by atoms with Crippen LogP contribution >= 0.6 is 0 Å². The summed E-state index contributed by atoms with van der Waals surface area (Å²) in [6.07, 6.45) is 0. The number of halogens is 2. The first-order chi connectivity index (χ1) is 8.63. The molecule has 0 bridgehead atoms. The summed E-state index contributed by atoms with van der Waals surface area (Å²) in [4.78, 5) is 0. The van der Waals surface area contributed by atoms with Gasteiger partial charge < -0.3 is 5.73 Å². The summed E-state index contributed by atoms with van der Waals surface area (Å²) >= 11 is 0. The molecule has 0 saturated carbocycles. The van der Waals surface area contributed by atoms with Crippen LogP contribution in [-0.4, -0.2) is 0 Å². The molecule has 0 aliphatic heterocycles. The van der Waals surface area contributed by atoms with Crippen LogP contribution in [0.5, 0.6) is 0 Å². The van der Waals surface area contributed by atoms with E-state index in [1.807, 2.05) is 0 Å². The molecular weight excluding hydrogens is 236 g/mol. The highest BCUT2D eigenvalue weighted by molar-refractivity contribution is 5.51. The maximum Gasteiger partial charge on any atom is 0.128 e. The molecule has 2 aromatic carbocycles. The number of rotatable bonds is 3. The SMILES string of the molecule is NNC(c1ccccc1N)c1cc(F)ccc1F. The van der Waals surface area contributed by atoms with E-state index >= 15 is 0 Å². The lowest BCUT2D eigenvalue weighted by Crippen LogP contribution is -2.30. The topological polar surface area (TPSA) is 64.1 Å². The zero-order chi connectivity index (χ0) is 13.1. The fraction of sp³-hybridized carbons (Fsp3) is 0.0769. The van der Waals surface area contributed by atoms with E-state index in [0.29, 0.717) is 11.3 Å². The van der Waals surface area contributed by atoms with Crippen molar-refractivity contribution in [1.82, 2.24) is 5.43 Å². The van der Waals surface area contributed by atoms with E-state index in [2.05, 4.69) is 5.43 Å². The van der Waals surface area contributed by atoms with Gasteiger partial charge in [-0.05, 0) is 29.8 Å². The summed E-state index contributed by atoms with van der Waals surface area (Å²) in [5.41, 5.74) is 9.45. The maximum atomic E-state index is 13.7. The van der Waals surface area contributed by atoms with Crippen molar-refractivity contribution in [3.63, 3.8) is 0 Å². The summed E-state index contributed by atoms with van der Waals surface area (Å²) in [5, 5.41) is 0. The Kier molecular flexibility index (Phi) is 3.55. The van der Waals surface area contributed by atoms with E-state index in [1.54, 1.807) is 24.3 Å². The molecule has 0 aliphatic carbocycles. The molecule has 0 radical (unpaired) electrons. The molecule has 2 aromatic rings. The number of nitrogen functional groups attached to an aromatic ring is 1. The van der Waals surface area contributed by atoms with Crippen LogP contribution in [-0.2, 0) is 0 Å². The molecule has 0 heterocycles. The Hall–Kier alpha value is -1.98. The molecule has 0 aromatic heterocycles. The zero-order valence-corrected chi connectivity index (χ0v) is 9.53. The Balaban J connectivity index is 2.52. The molecule has 1 unspecified atom stereocenters. The molecule has 5 heteroatoms. The van der Waals surface area contributed by atoms with Crippen molar-refractivity contribution >= 4 is 5.69 Å². The first kappa shape index (κ1) is 12.5. The van der Waals surface area contributed by atoms with Crippen LogP contribution in [0, 0.1) is 11.6 Å². The number of para-hydroxylation sites is 1. The van der Waals surface area contributed by atoms with Crippen LogP contribution < -0.4 is 17.0 Å². The van der Waals surface area contributed by atoms with E-state index in [-0.39, 0.29) is 5.56 Å². The number of hydrogen-bond acceptors (Lipinski definition) is 3. The van der Waals surface area contributed by atoms with Gasteiger partial charge in [0.05, 0.1) is 6.04 Å².